The molecule has 0 spiro atoms. The van der Waals surface area contributed by atoms with Crippen molar-refractivity contribution < 1.29 is 9.53 Å². The Labute approximate surface area is 134 Å². The molecule has 0 bridgehead atoms. The minimum absolute atomic E-state index is 0.0384. The van der Waals surface area contributed by atoms with Crippen LogP contribution >= 0.6 is 11.6 Å². The Morgan fingerprint density at radius 3 is 2.95 bits per heavy atom. The Hall–Kier alpha value is -1.79. The molecule has 118 valence electrons. The van der Waals surface area contributed by atoms with Crippen molar-refractivity contribution in [1.82, 2.24) is 19.7 Å². The predicted octanol–water partition coefficient (Wildman–Crippen LogP) is 2.06. The van der Waals surface area contributed by atoms with Crippen molar-refractivity contribution in [3.05, 3.63) is 40.9 Å². The molecule has 3 heterocycles. The Bertz CT molecular complexity index is 679. The molecular weight excluding hydrogens is 304 g/mol. The van der Waals surface area contributed by atoms with Gasteiger partial charge in [0.1, 0.15) is 11.8 Å². The molecular formula is C15H19ClN4O2. The Balaban J connectivity index is 1.67. The minimum Gasteiger partial charge on any atom is -0.372 e. The van der Waals surface area contributed by atoms with Gasteiger partial charge in [-0.2, -0.15) is 5.10 Å². The highest BCUT2D eigenvalue weighted by atomic mass is 35.5. The third-order valence-corrected chi connectivity index (χ3v) is 4.22. The van der Waals surface area contributed by atoms with Gasteiger partial charge in [0.05, 0.1) is 10.7 Å². The fourth-order valence-corrected chi connectivity index (χ4v) is 3.09. The van der Waals surface area contributed by atoms with Gasteiger partial charge in [-0.3, -0.25) is 9.48 Å². The highest BCUT2D eigenvalue weighted by molar-refractivity contribution is 6.31. The molecule has 1 aliphatic heterocycles. The number of nitrogens with zero attached hydrogens (tertiary/aromatic N) is 3. The van der Waals surface area contributed by atoms with Crippen LogP contribution in [0.1, 0.15) is 35.1 Å². The molecule has 2 aromatic rings. The van der Waals surface area contributed by atoms with E-state index in [0.29, 0.717) is 17.3 Å². The van der Waals surface area contributed by atoms with Gasteiger partial charge in [0.25, 0.3) is 5.91 Å². The van der Waals surface area contributed by atoms with E-state index < -0.39 is 0 Å². The third-order valence-electron chi connectivity index (χ3n) is 4.01. The zero-order valence-corrected chi connectivity index (χ0v) is 13.4. The van der Waals surface area contributed by atoms with E-state index in [1.54, 1.807) is 23.0 Å². The van der Waals surface area contributed by atoms with Crippen LogP contribution in [-0.4, -0.2) is 32.9 Å². The standard InChI is InChI=1S/C15H19ClN4O2/c1-19-9-10(16)7-13(19)15(21)18-11-4-6-22-14(8-11)12-3-5-17-20(12)2/h3,5,7,9,11,14H,4,6,8H2,1-2H3,(H,18,21). The molecule has 1 N–H and O–H groups in total. The Morgan fingerprint density at radius 1 is 1.50 bits per heavy atom. The molecule has 22 heavy (non-hydrogen) atoms. The maximum Gasteiger partial charge on any atom is 0.268 e. The van der Waals surface area contributed by atoms with E-state index >= 15 is 0 Å². The van der Waals surface area contributed by atoms with Crippen LogP contribution in [0, 0.1) is 0 Å². The van der Waals surface area contributed by atoms with Gasteiger partial charge in [-0.1, -0.05) is 11.6 Å². The summed E-state index contributed by atoms with van der Waals surface area (Å²) in [6.07, 6.45) is 4.98. The van der Waals surface area contributed by atoms with Crippen molar-refractivity contribution in [1.29, 1.82) is 0 Å². The first kappa shape index (κ1) is 15.1. The summed E-state index contributed by atoms with van der Waals surface area (Å²) in [5.41, 5.74) is 1.59. The molecule has 0 aliphatic carbocycles. The number of carbonyl (C=O) groups is 1. The van der Waals surface area contributed by atoms with Gasteiger partial charge < -0.3 is 14.6 Å². The maximum atomic E-state index is 12.4. The number of hydrogen-bond acceptors (Lipinski definition) is 3. The highest BCUT2D eigenvalue weighted by Gasteiger charge is 2.27. The summed E-state index contributed by atoms with van der Waals surface area (Å²) >= 11 is 5.93. The minimum atomic E-state index is -0.106. The van der Waals surface area contributed by atoms with E-state index in [2.05, 4.69) is 10.4 Å². The number of halogens is 1. The number of aryl methyl sites for hydroxylation is 2. The molecule has 6 nitrogen and oxygen atoms in total. The molecule has 7 heteroatoms. The van der Waals surface area contributed by atoms with Crippen molar-refractivity contribution in [2.45, 2.75) is 25.0 Å². The van der Waals surface area contributed by atoms with Crippen LogP contribution in [0.4, 0.5) is 0 Å². The molecule has 2 atom stereocenters. The number of aromatic nitrogens is 3. The smallest absolute Gasteiger partial charge is 0.268 e. The molecule has 0 radical (unpaired) electrons. The number of nitrogens with one attached hydrogen (secondary N) is 1. The van der Waals surface area contributed by atoms with Crippen LogP contribution in [0.3, 0.4) is 0 Å². The lowest BCUT2D eigenvalue weighted by molar-refractivity contribution is -0.00358. The summed E-state index contributed by atoms with van der Waals surface area (Å²) in [6.45, 7) is 0.620. The molecule has 1 fully saturated rings. The average molecular weight is 323 g/mol. The van der Waals surface area contributed by atoms with Crippen LogP contribution < -0.4 is 5.32 Å². The Morgan fingerprint density at radius 2 is 2.32 bits per heavy atom. The molecule has 3 rings (SSSR count). The second-order valence-corrected chi connectivity index (χ2v) is 6.02. The number of carbonyl (C=O) groups excluding carboxylic acids is 1. The van der Waals surface area contributed by atoms with Gasteiger partial charge >= 0.3 is 0 Å². The molecule has 0 aromatic carbocycles. The van der Waals surface area contributed by atoms with E-state index in [4.69, 9.17) is 16.3 Å². The van der Waals surface area contributed by atoms with Gasteiger partial charge in [-0.15, -0.1) is 0 Å². The fourth-order valence-electron chi connectivity index (χ4n) is 2.84. The first-order valence-corrected chi connectivity index (χ1v) is 7.64. The number of hydrogen-bond donors (Lipinski definition) is 1. The topological polar surface area (TPSA) is 61.1 Å². The van der Waals surface area contributed by atoms with E-state index in [1.807, 2.05) is 24.8 Å². The summed E-state index contributed by atoms with van der Waals surface area (Å²) in [4.78, 5) is 12.4. The number of ether oxygens (including phenoxy) is 1. The van der Waals surface area contributed by atoms with Gasteiger partial charge in [-0.25, -0.2) is 0 Å². The van der Waals surface area contributed by atoms with Crippen molar-refractivity contribution in [2.75, 3.05) is 6.61 Å². The largest absolute Gasteiger partial charge is 0.372 e. The van der Waals surface area contributed by atoms with E-state index in [0.717, 1.165) is 18.5 Å². The van der Waals surface area contributed by atoms with Crippen LogP contribution in [0.2, 0.25) is 5.02 Å². The Kier molecular flexibility index (Phi) is 4.22. The normalized spacial score (nSPS) is 21.8. The molecule has 1 aliphatic rings. The number of amides is 1. The fraction of sp³-hybridized carbons (Fsp3) is 0.467. The van der Waals surface area contributed by atoms with E-state index in [9.17, 15) is 4.79 Å². The quantitative estimate of drug-likeness (QED) is 0.941. The summed E-state index contributed by atoms with van der Waals surface area (Å²) in [7, 11) is 3.70. The third kappa shape index (κ3) is 3.03. The monoisotopic (exact) mass is 322 g/mol. The molecule has 1 amide bonds. The lowest BCUT2D eigenvalue weighted by Crippen LogP contribution is -2.40. The second-order valence-electron chi connectivity index (χ2n) is 5.59. The van der Waals surface area contributed by atoms with Gasteiger partial charge in [-0.05, 0) is 25.0 Å². The SMILES string of the molecule is Cn1cc(Cl)cc1C(=O)NC1CCOC(c2ccnn2C)C1. The van der Waals surface area contributed by atoms with Crippen molar-refractivity contribution in [3.8, 4) is 0 Å². The molecule has 2 unspecified atom stereocenters. The van der Waals surface area contributed by atoms with E-state index in [1.165, 1.54) is 0 Å². The summed E-state index contributed by atoms with van der Waals surface area (Å²) in [5.74, 6) is -0.106. The van der Waals surface area contributed by atoms with Crippen LogP contribution in [0.25, 0.3) is 0 Å². The molecule has 0 saturated carbocycles. The highest BCUT2D eigenvalue weighted by Crippen LogP contribution is 2.27. The lowest BCUT2D eigenvalue weighted by Gasteiger charge is -2.30. The lowest BCUT2D eigenvalue weighted by atomic mass is 10.0. The first-order valence-electron chi connectivity index (χ1n) is 7.27. The zero-order chi connectivity index (χ0) is 15.7. The average Bonchev–Trinajstić information content (AvgIpc) is 3.04. The zero-order valence-electron chi connectivity index (χ0n) is 12.6. The van der Waals surface area contributed by atoms with Gasteiger partial charge in [0.2, 0.25) is 0 Å². The summed E-state index contributed by atoms with van der Waals surface area (Å²) in [6, 6.07) is 3.70. The van der Waals surface area contributed by atoms with Gasteiger partial charge in [0.15, 0.2) is 0 Å². The van der Waals surface area contributed by atoms with Crippen molar-refractivity contribution >= 4 is 17.5 Å². The van der Waals surface area contributed by atoms with E-state index in [-0.39, 0.29) is 18.1 Å². The predicted molar refractivity (Wildman–Crippen MR) is 82.8 cm³/mol. The summed E-state index contributed by atoms with van der Waals surface area (Å²) < 4.78 is 9.35. The summed E-state index contributed by atoms with van der Waals surface area (Å²) in [5, 5.41) is 7.81. The van der Waals surface area contributed by atoms with Crippen LogP contribution in [0.5, 0.6) is 0 Å². The van der Waals surface area contributed by atoms with Crippen molar-refractivity contribution in [2.24, 2.45) is 14.1 Å². The second kappa shape index (κ2) is 6.14. The first-order chi connectivity index (χ1) is 10.5. The molecule has 2 aromatic heterocycles. The van der Waals surface area contributed by atoms with Crippen LogP contribution in [0.15, 0.2) is 24.5 Å². The molecule has 1 saturated heterocycles. The number of rotatable bonds is 3. The van der Waals surface area contributed by atoms with Crippen LogP contribution in [-0.2, 0) is 18.8 Å². The maximum absolute atomic E-state index is 12.4. The van der Waals surface area contributed by atoms with Crippen molar-refractivity contribution in [3.63, 3.8) is 0 Å². The van der Waals surface area contributed by atoms with Gasteiger partial charge in [0, 0.05) is 39.1 Å².